The van der Waals surface area contributed by atoms with Gasteiger partial charge in [0.1, 0.15) is 0 Å². The van der Waals surface area contributed by atoms with Gasteiger partial charge in [0.15, 0.2) is 0 Å². The Kier molecular flexibility index (Phi) is 5.17. The predicted molar refractivity (Wildman–Crippen MR) is 94.2 cm³/mol. The minimum atomic E-state index is 0.141. The molecule has 1 aromatic rings. The lowest BCUT2D eigenvalue weighted by Gasteiger charge is -2.52. The molecule has 1 aliphatic rings. The van der Waals surface area contributed by atoms with E-state index in [-0.39, 0.29) is 5.54 Å². The first-order valence-electron chi connectivity index (χ1n) is 7.95. The molecule has 0 aromatic heterocycles. The second-order valence-corrected chi connectivity index (χ2v) is 8.48. The second kappa shape index (κ2) is 6.39. The van der Waals surface area contributed by atoms with Crippen LogP contribution in [-0.4, -0.2) is 24.0 Å². The van der Waals surface area contributed by atoms with E-state index in [2.05, 4.69) is 72.9 Å². The largest absolute Gasteiger partial charge is 0.329 e. The van der Waals surface area contributed by atoms with E-state index in [1.807, 2.05) is 0 Å². The highest BCUT2D eigenvalue weighted by molar-refractivity contribution is 9.10. The summed E-state index contributed by atoms with van der Waals surface area (Å²) in [6.45, 7) is 8.87. The van der Waals surface area contributed by atoms with Gasteiger partial charge in [0.05, 0.1) is 0 Å². The number of hydrogen-bond acceptors (Lipinski definition) is 2. The predicted octanol–water partition coefficient (Wildman–Crippen LogP) is 4.42. The summed E-state index contributed by atoms with van der Waals surface area (Å²) in [4.78, 5) is 2.50. The molecule has 0 amide bonds. The molecular formula is C18H29BrN2. The molecule has 3 heteroatoms. The Balaban J connectivity index is 2.14. The molecule has 2 unspecified atom stereocenters. The molecule has 0 bridgehead atoms. The second-order valence-electron chi connectivity index (χ2n) is 7.56. The zero-order chi connectivity index (χ0) is 15.7. The van der Waals surface area contributed by atoms with Crippen molar-refractivity contribution in [3.05, 3.63) is 34.3 Å². The summed E-state index contributed by atoms with van der Waals surface area (Å²) in [5.74, 6) is 0.631. The maximum atomic E-state index is 6.25. The first-order chi connectivity index (χ1) is 9.79. The number of hydrogen-bond donors (Lipinski definition) is 1. The van der Waals surface area contributed by atoms with Crippen molar-refractivity contribution in [2.24, 2.45) is 17.1 Å². The number of benzene rings is 1. The van der Waals surface area contributed by atoms with Crippen LogP contribution in [0.2, 0.25) is 0 Å². The van der Waals surface area contributed by atoms with Gasteiger partial charge in [-0.05, 0) is 55.3 Å². The third-order valence-electron chi connectivity index (χ3n) is 5.46. The minimum Gasteiger partial charge on any atom is -0.329 e. The number of rotatable bonds is 4. The van der Waals surface area contributed by atoms with Crippen LogP contribution < -0.4 is 5.73 Å². The van der Waals surface area contributed by atoms with Crippen molar-refractivity contribution in [2.75, 3.05) is 13.6 Å². The molecule has 0 spiro atoms. The highest BCUT2D eigenvalue weighted by Gasteiger charge is 2.45. The zero-order valence-electron chi connectivity index (χ0n) is 13.8. The number of nitrogens with zero attached hydrogens (tertiary/aromatic N) is 1. The van der Waals surface area contributed by atoms with Crippen molar-refractivity contribution in [3.63, 3.8) is 0 Å². The summed E-state index contributed by atoms with van der Waals surface area (Å²) in [7, 11) is 2.24. The van der Waals surface area contributed by atoms with Crippen LogP contribution in [0.25, 0.3) is 0 Å². The van der Waals surface area contributed by atoms with E-state index in [0.29, 0.717) is 11.3 Å². The van der Waals surface area contributed by atoms with Crippen LogP contribution in [0, 0.1) is 11.3 Å². The highest BCUT2D eigenvalue weighted by Crippen LogP contribution is 2.46. The van der Waals surface area contributed by atoms with Gasteiger partial charge < -0.3 is 5.73 Å². The van der Waals surface area contributed by atoms with Crippen LogP contribution in [0.4, 0.5) is 0 Å². The molecule has 2 atom stereocenters. The van der Waals surface area contributed by atoms with Crippen molar-refractivity contribution in [1.29, 1.82) is 0 Å². The van der Waals surface area contributed by atoms with Gasteiger partial charge >= 0.3 is 0 Å². The molecule has 2 rings (SSSR count). The lowest BCUT2D eigenvalue weighted by Crippen LogP contribution is -2.59. The molecule has 2 N–H and O–H groups in total. The summed E-state index contributed by atoms with van der Waals surface area (Å²) < 4.78 is 1.13. The fraction of sp³-hybridized carbons (Fsp3) is 0.667. The van der Waals surface area contributed by atoms with Crippen LogP contribution in [0.15, 0.2) is 28.7 Å². The van der Waals surface area contributed by atoms with Gasteiger partial charge in [-0.2, -0.15) is 0 Å². The maximum Gasteiger partial charge on any atom is 0.0358 e. The molecule has 2 nitrogen and oxygen atoms in total. The number of nitrogens with two attached hydrogens (primary N) is 1. The molecule has 1 aromatic carbocycles. The topological polar surface area (TPSA) is 29.3 Å². The van der Waals surface area contributed by atoms with Crippen LogP contribution in [-0.2, 0) is 6.54 Å². The average Bonchev–Trinajstić information content (AvgIpc) is 2.41. The maximum absolute atomic E-state index is 6.25. The van der Waals surface area contributed by atoms with Crippen LogP contribution in [0.5, 0.6) is 0 Å². The van der Waals surface area contributed by atoms with E-state index in [4.69, 9.17) is 5.73 Å². The summed E-state index contributed by atoms with van der Waals surface area (Å²) in [5, 5.41) is 0. The Hall–Kier alpha value is -0.380. The van der Waals surface area contributed by atoms with Crippen LogP contribution >= 0.6 is 15.9 Å². The van der Waals surface area contributed by atoms with E-state index in [9.17, 15) is 0 Å². The normalized spacial score (nSPS) is 28.8. The van der Waals surface area contributed by atoms with E-state index < -0.39 is 0 Å². The van der Waals surface area contributed by atoms with Crippen LogP contribution in [0.3, 0.4) is 0 Å². The van der Waals surface area contributed by atoms with Gasteiger partial charge in [0.25, 0.3) is 0 Å². The average molecular weight is 353 g/mol. The Bertz CT molecular complexity index is 469. The Morgan fingerprint density at radius 2 is 1.86 bits per heavy atom. The van der Waals surface area contributed by atoms with E-state index in [0.717, 1.165) is 17.6 Å². The Labute approximate surface area is 138 Å². The quantitative estimate of drug-likeness (QED) is 0.868. The number of halogens is 1. The monoisotopic (exact) mass is 352 g/mol. The Morgan fingerprint density at radius 1 is 1.24 bits per heavy atom. The van der Waals surface area contributed by atoms with Gasteiger partial charge in [-0.1, -0.05) is 48.8 Å². The lowest BCUT2D eigenvalue weighted by atomic mass is 9.63. The van der Waals surface area contributed by atoms with E-state index in [1.54, 1.807) is 0 Å². The molecule has 1 aliphatic carbocycles. The first-order valence-corrected chi connectivity index (χ1v) is 8.74. The number of likely N-dealkylation sites (N-methyl/N-ethyl adjacent to an activating group) is 1. The standard InChI is InChI=1S/C18H29BrN2/c1-14-11-17(2,3)9-10-18(14,13-20)21(4)12-15-5-7-16(19)8-6-15/h5-8,14H,9-13,20H2,1-4H3. The molecule has 118 valence electrons. The van der Waals surface area contributed by atoms with Crippen LogP contribution in [0.1, 0.15) is 45.6 Å². The van der Waals surface area contributed by atoms with E-state index >= 15 is 0 Å². The molecule has 1 saturated carbocycles. The SMILES string of the molecule is CC1CC(C)(C)CCC1(CN)N(C)Cc1ccc(Br)cc1. The summed E-state index contributed by atoms with van der Waals surface area (Å²) in [6.07, 6.45) is 3.72. The molecule has 0 radical (unpaired) electrons. The zero-order valence-corrected chi connectivity index (χ0v) is 15.4. The molecule has 21 heavy (non-hydrogen) atoms. The summed E-state index contributed by atoms with van der Waals surface area (Å²) in [6, 6.07) is 8.63. The Morgan fingerprint density at radius 3 is 2.38 bits per heavy atom. The summed E-state index contributed by atoms with van der Waals surface area (Å²) >= 11 is 3.50. The van der Waals surface area contributed by atoms with Crippen molar-refractivity contribution in [2.45, 2.75) is 52.1 Å². The van der Waals surface area contributed by atoms with Crippen molar-refractivity contribution in [3.8, 4) is 0 Å². The van der Waals surface area contributed by atoms with Gasteiger partial charge in [0, 0.05) is 23.1 Å². The third kappa shape index (κ3) is 3.69. The minimum absolute atomic E-state index is 0.141. The lowest BCUT2D eigenvalue weighted by molar-refractivity contribution is -0.0117. The third-order valence-corrected chi connectivity index (χ3v) is 5.99. The van der Waals surface area contributed by atoms with Gasteiger partial charge in [-0.25, -0.2) is 0 Å². The van der Waals surface area contributed by atoms with Crippen molar-refractivity contribution >= 4 is 15.9 Å². The van der Waals surface area contributed by atoms with Gasteiger partial charge in [0.2, 0.25) is 0 Å². The van der Waals surface area contributed by atoms with Gasteiger partial charge in [-0.15, -0.1) is 0 Å². The van der Waals surface area contributed by atoms with Crippen molar-refractivity contribution < 1.29 is 0 Å². The molecule has 0 saturated heterocycles. The molecular weight excluding hydrogens is 324 g/mol. The molecule has 0 aliphatic heterocycles. The molecule has 0 heterocycles. The van der Waals surface area contributed by atoms with Gasteiger partial charge in [-0.3, -0.25) is 4.90 Å². The highest BCUT2D eigenvalue weighted by atomic mass is 79.9. The smallest absolute Gasteiger partial charge is 0.0358 e. The first kappa shape index (κ1) is 17.0. The summed E-state index contributed by atoms with van der Waals surface area (Å²) in [5.41, 5.74) is 8.20. The fourth-order valence-corrected chi connectivity index (χ4v) is 4.23. The molecule has 1 fully saturated rings. The van der Waals surface area contributed by atoms with E-state index in [1.165, 1.54) is 24.8 Å². The van der Waals surface area contributed by atoms with Crippen molar-refractivity contribution in [1.82, 2.24) is 4.90 Å². The fourth-order valence-electron chi connectivity index (χ4n) is 3.97.